The van der Waals surface area contributed by atoms with Crippen molar-refractivity contribution in [2.45, 2.75) is 25.0 Å². The third-order valence-electron chi connectivity index (χ3n) is 4.21. The van der Waals surface area contributed by atoms with E-state index in [1.54, 1.807) is 54.6 Å². The first-order valence-electron chi connectivity index (χ1n) is 8.15. The monoisotopic (exact) mass is 394 g/mol. The second kappa shape index (κ2) is 7.25. The number of amides is 1. The summed E-state index contributed by atoms with van der Waals surface area (Å²) in [7, 11) is 0. The molecule has 5 nitrogen and oxygen atoms in total. The number of nitrogens with zero attached hydrogens (tertiary/aromatic N) is 2. The Kier molecular flexibility index (Phi) is 5.17. The third-order valence-corrected chi connectivity index (χ3v) is 4.46. The van der Waals surface area contributed by atoms with Gasteiger partial charge >= 0.3 is 0 Å². The lowest BCUT2D eigenvalue weighted by atomic mass is 9.97. The Morgan fingerprint density at radius 1 is 1.26 bits per heavy atom. The molecule has 1 N–H and O–H groups in total. The normalized spacial score (nSPS) is 19.7. The van der Waals surface area contributed by atoms with Crippen molar-refractivity contribution in [3.8, 4) is 5.75 Å². The SMILES string of the molecule is CC(F)(F)[C@]1(O)CC(c2ccc(Cl)cc2)=NN1C(=O)COc1ccccc1. The van der Waals surface area contributed by atoms with Crippen LogP contribution >= 0.6 is 11.6 Å². The lowest BCUT2D eigenvalue weighted by Crippen LogP contribution is -2.58. The van der Waals surface area contributed by atoms with Crippen LogP contribution in [0.2, 0.25) is 5.02 Å². The van der Waals surface area contributed by atoms with E-state index in [9.17, 15) is 18.7 Å². The molecule has 0 fully saturated rings. The molecule has 1 aliphatic rings. The largest absolute Gasteiger partial charge is 0.484 e. The Morgan fingerprint density at radius 3 is 2.48 bits per heavy atom. The summed E-state index contributed by atoms with van der Waals surface area (Å²) in [6.07, 6.45) is -0.519. The highest BCUT2D eigenvalue weighted by molar-refractivity contribution is 6.30. The van der Waals surface area contributed by atoms with Crippen molar-refractivity contribution < 1.29 is 23.4 Å². The third kappa shape index (κ3) is 3.94. The topological polar surface area (TPSA) is 62.1 Å². The van der Waals surface area contributed by atoms with Crippen molar-refractivity contribution in [3.05, 3.63) is 65.2 Å². The summed E-state index contributed by atoms with van der Waals surface area (Å²) in [5.41, 5.74) is -2.14. The summed E-state index contributed by atoms with van der Waals surface area (Å²) in [4.78, 5) is 12.5. The maximum atomic E-state index is 14.2. The fourth-order valence-electron chi connectivity index (χ4n) is 2.68. The van der Waals surface area contributed by atoms with Crippen LogP contribution in [0.15, 0.2) is 59.7 Å². The molecule has 0 saturated heterocycles. The highest BCUT2D eigenvalue weighted by atomic mass is 35.5. The van der Waals surface area contributed by atoms with Crippen molar-refractivity contribution in [2.75, 3.05) is 6.61 Å². The Balaban J connectivity index is 1.85. The molecule has 0 spiro atoms. The van der Waals surface area contributed by atoms with E-state index < -0.39 is 30.6 Å². The van der Waals surface area contributed by atoms with Crippen LogP contribution in [-0.2, 0) is 4.79 Å². The molecular weight excluding hydrogens is 378 g/mol. The molecule has 8 heteroatoms. The molecule has 27 heavy (non-hydrogen) atoms. The predicted octanol–water partition coefficient (Wildman–Crippen LogP) is 3.70. The van der Waals surface area contributed by atoms with Gasteiger partial charge in [0.25, 0.3) is 11.8 Å². The molecule has 1 heterocycles. The molecule has 0 aromatic heterocycles. The molecule has 1 atom stereocenters. The van der Waals surface area contributed by atoms with Crippen LogP contribution in [0.25, 0.3) is 0 Å². The van der Waals surface area contributed by atoms with Gasteiger partial charge in [-0.15, -0.1) is 0 Å². The number of ether oxygens (including phenoxy) is 1. The number of aliphatic hydroxyl groups is 1. The van der Waals surface area contributed by atoms with Crippen LogP contribution in [0.4, 0.5) is 8.78 Å². The maximum absolute atomic E-state index is 14.2. The summed E-state index contributed by atoms with van der Waals surface area (Å²) in [6.45, 7) is 0.00541. The minimum atomic E-state index is -3.60. The van der Waals surface area contributed by atoms with Gasteiger partial charge in [-0.05, 0) is 29.8 Å². The second-order valence-corrected chi connectivity index (χ2v) is 6.68. The Hall–Kier alpha value is -2.51. The first-order valence-corrected chi connectivity index (χ1v) is 8.53. The molecule has 0 bridgehead atoms. The molecule has 3 rings (SSSR count). The number of hydrogen-bond donors (Lipinski definition) is 1. The number of hydrogen-bond acceptors (Lipinski definition) is 4. The zero-order valence-corrected chi connectivity index (χ0v) is 15.2. The van der Waals surface area contributed by atoms with E-state index in [1.807, 2.05) is 0 Å². The number of alkyl halides is 2. The van der Waals surface area contributed by atoms with Gasteiger partial charge in [0.1, 0.15) is 5.75 Å². The summed E-state index contributed by atoms with van der Waals surface area (Å²) in [5, 5.41) is 15.5. The number of halogens is 3. The van der Waals surface area contributed by atoms with Crippen LogP contribution in [-0.4, -0.2) is 40.0 Å². The summed E-state index contributed by atoms with van der Waals surface area (Å²) in [6, 6.07) is 14.8. The van der Waals surface area contributed by atoms with E-state index >= 15 is 0 Å². The van der Waals surface area contributed by atoms with Crippen molar-refractivity contribution in [1.29, 1.82) is 0 Å². The molecule has 142 valence electrons. The van der Waals surface area contributed by atoms with Crippen molar-refractivity contribution in [2.24, 2.45) is 5.10 Å². The highest BCUT2D eigenvalue weighted by Crippen LogP contribution is 2.40. The summed E-state index contributed by atoms with van der Waals surface area (Å²) in [5.74, 6) is -4.09. The number of hydrazone groups is 1. The van der Waals surface area contributed by atoms with Gasteiger partial charge in [-0.2, -0.15) is 10.1 Å². The zero-order valence-electron chi connectivity index (χ0n) is 14.4. The van der Waals surface area contributed by atoms with Crippen molar-refractivity contribution in [1.82, 2.24) is 5.01 Å². The van der Waals surface area contributed by atoms with Gasteiger partial charge < -0.3 is 9.84 Å². The second-order valence-electron chi connectivity index (χ2n) is 6.24. The molecule has 0 aliphatic carbocycles. The van der Waals surface area contributed by atoms with Crippen LogP contribution in [0.3, 0.4) is 0 Å². The Bertz CT molecular complexity index is 854. The maximum Gasteiger partial charge on any atom is 0.294 e. The quantitative estimate of drug-likeness (QED) is 0.841. The van der Waals surface area contributed by atoms with Crippen LogP contribution in [0, 0.1) is 0 Å². The van der Waals surface area contributed by atoms with Crippen molar-refractivity contribution >= 4 is 23.2 Å². The van der Waals surface area contributed by atoms with E-state index in [4.69, 9.17) is 16.3 Å². The first kappa shape index (κ1) is 19.3. The summed E-state index contributed by atoms with van der Waals surface area (Å²) >= 11 is 5.84. The van der Waals surface area contributed by atoms with E-state index in [-0.39, 0.29) is 5.71 Å². The van der Waals surface area contributed by atoms with E-state index in [0.29, 0.717) is 28.3 Å². The number of rotatable bonds is 5. The van der Waals surface area contributed by atoms with E-state index in [1.165, 1.54) is 0 Å². The van der Waals surface area contributed by atoms with E-state index in [2.05, 4.69) is 5.10 Å². The minimum absolute atomic E-state index is 0.156. The number of benzene rings is 2. The average molecular weight is 395 g/mol. The number of carbonyl (C=O) groups is 1. The number of para-hydroxylation sites is 1. The molecule has 0 saturated carbocycles. The highest BCUT2D eigenvalue weighted by Gasteiger charge is 2.59. The molecule has 2 aromatic carbocycles. The van der Waals surface area contributed by atoms with Gasteiger partial charge in [0.05, 0.1) is 5.71 Å². The number of carbonyl (C=O) groups excluding carboxylic acids is 1. The Labute approximate surface area is 159 Å². The summed E-state index contributed by atoms with van der Waals surface area (Å²) < 4.78 is 33.6. The smallest absolute Gasteiger partial charge is 0.294 e. The predicted molar refractivity (Wildman–Crippen MR) is 97.0 cm³/mol. The van der Waals surface area contributed by atoms with Crippen LogP contribution in [0.1, 0.15) is 18.9 Å². The fourth-order valence-corrected chi connectivity index (χ4v) is 2.80. The average Bonchev–Trinajstić information content (AvgIpc) is 3.00. The first-order chi connectivity index (χ1) is 12.7. The molecule has 2 aromatic rings. The van der Waals surface area contributed by atoms with Gasteiger partial charge in [-0.1, -0.05) is 41.9 Å². The van der Waals surface area contributed by atoms with Gasteiger partial charge in [0.15, 0.2) is 6.61 Å². The van der Waals surface area contributed by atoms with Crippen LogP contribution in [0.5, 0.6) is 5.75 Å². The van der Waals surface area contributed by atoms with Gasteiger partial charge in [-0.25, -0.2) is 8.78 Å². The molecule has 0 unspecified atom stereocenters. The van der Waals surface area contributed by atoms with E-state index in [0.717, 1.165) is 0 Å². The van der Waals surface area contributed by atoms with Gasteiger partial charge in [0.2, 0.25) is 5.72 Å². The van der Waals surface area contributed by atoms with Crippen LogP contribution < -0.4 is 4.74 Å². The molecular formula is C19H17ClF2N2O3. The fraction of sp³-hybridized carbons (Fsp3) is 0.263. The zero-order chi connectivity index (χ0) is 19.7. The lowest BCUT2D eigenvalue weighted by molar-refractivity contribution is -0.235. The molecule has 1 amide bonds. The van der Waals surface area contributed by atoms with Crippen molar-refractivity contribution in [3.63, 3.8) is 0 Å². The standard InChI is InChI=1S/C19H17ClF2N2O3/c1-18(21,22)19(26)11-16(13-7-9-14(20)10-8-13)23-24(19)17(25)12-27-15-5-3-2-4-6-15/h2-10,26H,11-12H2,1H3/t19-/m1/s1. The minimum Gasteiger partial charge on any atom is -0.484 e. The Morgan fingerprint density at radius 2 is 1.89 bits per heavy atom. The molecule has 0 radical (unpaired) electrons. The lowest BCUT2D eigenvalue weighted by Gasteiger charge is -2.35. The molecule has 1 aliphatic heterocycles. The van der Waals surface area contributed by atoms with Gasteiger partial charge in [0, 0.05) is 18.4 Å². The van der Waals surface area contributed by atoms with Gasteiger partial charge in [-0.3, -0.25) is 4.79 Å².